The molecule has 2 N–H and O–H groups in total. The fourth-order valence-corrected chi connectivity index (χ4v) is 18.7. The molecule has 120 heavy (non-hydrogen) atoms. The molecule has 0 radical (unpaired) electrons. The average molecular weight is 1660 g/mol. The molecule has 4 atom stereocenters. The molecular formula is C107H169BF2N2O8. The Bertz CT molecular complexity index is 3500. The number of halogens is 2. The van der Waals surface area contributed by atoms with E-state index in [1.807, 2.05) is 12.2 Å². The Hall–Kier alpha value is -6.11. The number of hydrogen-bond donors (Lipinski definition) is 2. The van der Waals surface area contributed by atoms with Gasteiger partial charge < -0.3 is 43.7 Å². The van der Waals surface area contributed by atoms with E-state index in [9.17, 15) is 0 Å². The maximum absolute atomic E-state index is 15.6. The fraction of sp³-hybridized carbons (Fsp3) is 0.710. The van der Waals surface area contributed by atoms with Gasteiger partial charge in [-0.25, -0.2) is 8.63 Å². The molecule has 10 nitrogen and oxygen atoms in total. The molecule has 0 saturated carbocycles. The zero-order chi connectivity index (χ0) is 84.5. The number of hydrogen-bond acceptors (Lipinski definition) is 10. The quantitative estimate of drug-likeness (QED) is 0.0192. The van der Waals surface area contributed by atoms with Gasteiger partial charge in [0.1, 0.15) is 5.76 Å². The zero-order valence-electron chi connectivity index (χ0n) is 77.1. The van der Waals surface area contributed by atoms with Crippen LogP contribution in [0, 0.1) is 0 Å². The number of ether oxygens (including phenoxy) is 6. The van der Waals surface area contributed by atoms with Crippen LogP contribution < -0.4 is 39.1 Å². The number of benzene rings is 4. The van der Waals surface area contributed by atoms with Crippen LogP contribution in [0.3, 0.4) is 0 Å². The summed E-state index contributed by atoms with van der Waals surface area (Å²) >= 11 is 0. The highest BCUT2D eigenvalue weighted by Gasteiger charge is 2.45. The Morgan fingerprint density at radius 2 is 0.550 bits per heavy atom. The summed E-state index contributed by atoms with van der Waals surface area (Å²) in [6, 6.07) is 20.5. The summed E-state index contributed by atoms with van der Waals surface area (Å²) in [6.45, 7) is 16.8. The maximum Gasteiger partial charge on any atom is 0.796 e. The van der Waals surface area contributed by atoms with E-state index in [2.05, 4.69) is 113 Å². The molecule has 0 fully saturated rings. The van der Waals surface area contributed by atoms with Gasteiger partial charge >= 0.3 is 7.47 Å². The van der Waals surface area contributed by atoms with Gasteiger partial charge in [-0.05, 0) is 96.2 Å². The third-order valence-corrected chi connectivity index (χ3v) is 25.8. The molecule has 0 saturated heterocycles. The van der Waals surface area contributed by atoms with Crippen molar-refractivity contribution < 1.29 is 46.5 Å². The molecule has 0 aromatic heterocycles. The number of ketones is 1. The first kappa shape index (κ1) is 99.3. The number of carbonyl (C=O) groups excluding carboxylic acids is 1. The minimum atomic E-state index is -3.22. The monoisotopic (exact) mass is 1660 g/mol. The van der Waals surface area contributed by atoms with Crippen molar-refractivity contribution in [2.24, 2.45) is 0 Å². The number of allylic oxidation sites excluding steroid dienone is 1. The third kappa shape index (κ3) is 35.1. The standard InChI is InChI=1S/C107H169BF2N2O8/c1-7-13-19-25-31-37-43-49-55-65-75-114-98-83-90-86-71-61-63-73-88(86)102-92(100(90)106(118-79-69-59-53-47-41-35-29-23-17-11-5)104(98)116-77-67-57-51-45-39-33-27-21-15-9-3)81-94(111-102)96(113)85-97(120-108(109)110)95-82-93-101-91(87-72-62-64-74-89(87)103(93)112-95)84-99(115-76-66-56-50-44-38-32-26-20-14-8-2)105(117-78-68-58-52-46-40-34-28-22-16-10-4)107(101)119-80-70-60-54-48-42-36-30-24-18-12-6/h61-64,71-74,81-85,92-93,102-103,111-112H,7-60,65-70,75-80H2,1-6H3/b97-85-. The lowest BCUT2D eigenvalue weighted by Crippen LogP contribution is -2.26. The summed E-state index contributed by atoms with van der Waals surface area (Å²) in [7, 11) is -3.22. The van der Waals surface area contributed by atoms with E-state index in [0.29, 0.717) is 85.5 Å². The normalized spacial score (nSPS) is 15.5. The molecule has 672 valence electrons. The van der Waals surface area contributed by atoms with Crippen LogP contribution in [0.25, 0.3) is 22.3 Å². The molecule has 4 unspecified atom stereocenters. The molecule has 8 rings (SSSR count). The molecule has 0 spiro atoms. The van der Waals surface area contributed by atoms with Gasteiger partial charge in [-0.1, -0.05) is 437 Å². The van der Waals surface area contributed by atoms with Crippen molar-refractivity contribution in [3.63, 3.8) is 0 Å². The topological polar surface area (TPSA) is 106 Å². The average Bonchev–Trinajstić information content (AvgIpc) is 1.47. The van der Waals surface area contributed by atoms with Crippen LogP contribution in [0.1, 0.15) is 473 Å². The Morgan fingerprint density at radius 1 is 0.308 bits per heavy atom. The van der Waals surface area contributed by atoms with E-state index in [1.54, 1.807) is 0 Å². The van der Waals surface area contributed by atoms with Crippen LogP contribution in [0.5, 0.6) is 34.5 Å². The van der Waals surface area contributed by atoms with Crippen LogP contribution in [0.15, 0.2) is 96.0 Å². The molecule has 2 aliphatic heterocycles. The smallest absolute Gasteiger partial charge is 0.503 e. The van der Waals surface area contributed by atoms with Crippen LogP contribution in [0.4, 0.5) is 8.63 Å². The number of fused-ring (bicyclic) bond motifs is 12. The highest BCUT2D eigenvalue weighted by molar-refractivity contribution is 6.35. The maximum atomic E-state index is 15.6. The number of carbonyl (C=O) groups is 1. The molecule has 2 aliphatic carbocycles. The summed E-state index contributed by atoms with van der Waals surface area (Å²) < 4.78 is 79.4. The minimum Gasteiger partial charge on any atom is -0.503 e. The lowest BCUT2D eigenvalue weighted by molar-refractivity contribution is -0.111. The molecule has 4 aromatic rings. The molecule has 4 aliphatic rings. The van der Waals surface area contributed by atoms with Crippen LogP contribution in [-0.2, 0) is 9.45 Å². The van der Waals surface area contributed by atoms with Gasteiger partial charge in [0.15, 0.2) is 23.0 Å². The summed E-state index contributed by atoms with van der Waals surface area (Å²) in [5, 5.41) is 7.44. The molecule has 4 aromatic carbocycles. The number of nitrogens with one attached hydrogen (secondary N) is 2. The number of unbranched alkanes of at least 4 members (excludes halogenated alkanes) is 54. The summed E-state index contributed by atoms with van der Waals surface area (Å²) in [5.41, 5.74) is 8.56. The van der Waals surface area contributed by atoms with E-state index in [0.717, 1.165) is 134 Å². The minimum absolute atomic E-state index is 0.226. The van der Waals surface area contributed by atoms with Gasteiger partial charge in [-0.15, -0.1) is 0 Å². The van der Waals surface area contributed by atoms with Crippen molar-refractivity contribution in [2.45, 2.75) is 451 Å². The van der Waals surface area contributed by atoms with Gasteiger partial charge in [-0.2, -0.15) is 0 Å². The largest absolute Gasteiger partial charge is 0.796 e. The Morgan fingerprint density at radius 3 is 0.833 bits per heavy atom. The SMILES string of the molecule is CCCCCCCCCCCCOc1cc2c(c(OCCCCCCCCCCCC)c1OCCCCCCCCCCCC)C1C=C(C(=O)/C=C(\OB(F)F)C3=CC4c5c(cc(OCCCCCCCCCCCC)c(OCCCCCCCCCCCC)c5OCCCCCCCCCCCC)-c5ccccc5C4N3)NC1c1ccccc1-2. The van der Waals surface area contributed by atoms with Gasteiger partial charge in [0, 0.05) is 29.0 Å². The molecule has 0 amide bonds. The molecule has 2 heterocycles. The van der Waals surface area contributed by atoms with Gasteiger partial charge in [0.2, 0.25) is 17.3 Å². The van der Waals surface area contributed by atoms with Crippen LogP contribution >= 0.6 is 0 Å². The number of rotatable bonds is 77. The lowest BCUT2D eigenvalue weighted by atomic mass is 9.75. The van der Waals surface area contributed by atoms with E-state index in [-0.39, 0.29) is 17.7 Å². The molecule has 13 heteroatoms. The van der Waals surface area contributed by atoms with Gasteiger partial charge in [0.25, 0.3) is 0 Å². The van der Waals surface area contributed by atoms with Crippen LogP contribution in [-0.4, -0.2) is 52.9 Å². The second-order valence-electron chi connectivity index (χ2n) is 36.1. The van der Waals surface area contributed by atoms with Crippen molar-refractivity contribution in [1.29, 1.82) is 0 Å². The summed E-state index contributed by atoms with van der Waals surface area (Å²) in [6.07, 6.45) is 78.6. The van der Waals surface area contributed by atoms with Crippen LogP contribution in [0.2, 0.25) is 0 Å². The van der Waals surface area contributed by atoms with E-state index in [4.69, 9.17) is 33.1 Å². The first-order valence-electron chi connectivity index (χ1n) is 50.8. The summed E-state index contributed by atoms with van der Waals surface area (Å²) in [4.78, 5) is 15.6. The Balaban J connectivity index is 1.14. The van der Waals surface area contributed by atoms with Gasteiger partial charge in [-0.3, -0.25) is 4.79 Å². The third-order valence-electron chi connectivity index (χ3n) is 25.8. The second-order valence-corrected chi connectivity index (χ2v) is 36.1. The van der Waals surface area contributed by atoms with E-state index < -0.39 is 25.2 Å². The second kappa shape index (κ2) is 62.1. The fourth-order valence-electron chi connectivity index (χ4n) is 18.7. The van der Waals surface area contributed by atoms with Crippen molar-refractivity contribution in [3.05, 3.63) is 118 Å². The predicted molar refractivity (Wildman–Crippen MR) is 503 cm³/mol. The van der Waals surface area contributed by atoms with E-state index in [1.165, 1.54) is 301 Å². The highest BCUT2D eigenvalue weighted by Crippen LogP contribution is 2.60. The Labute approximate surface area is 731 Å². The summed E-state index contributed by atoms with van der Waals surface area (Å²) in [5.74, 6) is 2.47. The molecular weight excluding hydrogens is 1490 g/mol. The van der Waals surface area contributed by atoms with Gasteiger partial charge in [0.05, 0.1) is 63.1 Å². The van der Waals surface area contributed by atoms with Crippen molar-refractivity contribution >= 4 is 13.3 Å². The first-order valence-corrected chi connectivity index (χ1v) is 50.8. The van der Waals surface area contributed by atoms with Crippen molar-refractivity contribution in [1.82, 2.24) is 10.6 Å². The van der Waals surface area contributed by atoms with Crippen molar-refractivity contribution in [3.8, 4) is 56.8 Å². The first-order chi connectivity index (χ1) is 59.3. The predicted octanol–water partition coefficient (Wildman–Crippen LogP) is 33.2. The molecule has 0 bridgehead atoms. The van der Waals surface area contributed by atoms with Crippen molar-refractivity contribution in [2.75, 3.05) is 39.6 Å². The van der Waals surface area contributed by atoms with E-state index >= 15 is 13.4 Å². The zero-order valence-corrected chi connectivity index (χ0v) is 77.1. The Kier molecular flexibility index (Phi) is 51.4. The highest BCUT2D eigenvalue weighted by atomic mass is 19.2. The lowest BCUT2D eigenvalue weighted by Gasteiger charge is -2.34.